The smallest absolute Gasteiger partial charge is 0.234 e. The first-order valence-corrected chi connectivity index (χ1v) is 6.18. The van der Waals surface area contributed by atoms with Crippen molar-refractivity contribution in [3.8, 4) is 0 Å². The summed E-state index contributed by atoms with van der Waals surface area (Å²) >= 11 is 4.88. The highest BCUT2D eigenvalue weighted by atomic mass is 32.1. The molecule has 0 aromatic heterocycles. The second-order valence-corrected chi connectivity index (χ2v) is 4.41. The summed E-state index contributed by atoms with van der Waals surface area (Å²) < 4.78 is 5.08. The Morgan fingerprint density at radius 2 is 2.17 bits per heavy atom. The topological polar surface area (TPSA) is 64.3 Å². The summed E-state index contributed by atoms with van der Waals surface area (Å²) in [6.45, 7) is 2.32. The van der Waals surface area contributed by atoms with Gasteiger partial charge in [0.05, 0.1) is 17.5 Å². The molecule has 0 fully saturated rings. The van der Waals surface area contributed by atoms with E-state index in [4.69, 9.17) is 22.7 Å². The van der Waals surface area contributed by atoms with Gasteiger partial charge >= 0.3 is 0 Å². The van der Waals surface area contributed by atoms with Crippen molar-refractivity contribution < 1.29 is 9.53 Å². The monoisotopic (exact) mass is 266 g/mol. The molecule has 0 aliphatic carbocycles. The highest BCUT2D eigenvalue weighted by molar-refractivity contribution is 7.80. The van der Waals surface area contributed by atoms with Crippen molar-refractivity contribution in [1.29, 1.82) is 0 Å². The largest absolute Gasteiger partial charge is 0.393 e. The first-order chi connectivity index (χ1) is 8.60. The van der Waals surface area contributed by atoms with Gasteiger partial charge in [-0.15, -0.1) is 0 Å². The molecule has 1 unspecified atom stereocenters. The van der Waals surface area contributed by atoms with Crippen molar-refractivity contribution in [2.75, 3.05) is 12.4 Å². The molecule has 1 rings (SSSR count). The van der Waals surface area contributed by atoms with Gasteiger partial charge in [0.1, 0.15) is 0 Å². The Balaban J connectivity index is 2.83. The standard InChI is InChI=1S/C13H18N2O2S/c1-3-10(12(14)18)13(16)15-11-7-5-4-6-9(11)8-17-2/h4-7,10H,3,8H2,1-2H3,(H2,14,18)(H,15,16). The molecular weight excluding hydrogens is 248 g/mol. The van der Waals surface area contributed by atoms with E-state index >= 15 is 0 Å². The van der Waals surface area contributed by atoms with Crippen LogP contribution < -0.4 is 11.1 Å². The highest BCUT2D eigenvalue weighted by Crippen LogP contribution is 2.17. The number of nitrogens with one attached hydrogen (secondary N) is 1. The molecule has 0 aliphatic heterocycles. The highest BCUT2D eigenvalue weighted by Gasteiger charge is 2.19. The van der Waals surface area contributed by atoms with Crippen LogP contribution in [0.15, 0.2) is 24.3 Å². The zero-order valence-corrected chi connectivity index (χ0v) is 11.4. The van der Waals surface area contributed by atoms with Crippen LogP contribution in [0.4, 0.5) is 5.69 Å². The number of amides is 1. The number of benzene rings is 1. The summed E-state index contributed by atoms with van der Waals surface area (Å²) in [7, 11) is 1.61. The Hall–Kier alpha value is -1.46. The molecule has 0 heterocycles. The number of methoxy groups -OCH3 is 1. The number of hydrogen-bond acceptors (Lipinski definition) is 3. The maximum Gasteiger partial charge on any atom is 0.234 e. The lowest BCUT2D eigenvalue weighted by molar-refractivity contribution is -0.118. The molecule has 0 bridgehead atoms. The molecule has 0 saturated carbocycles. The van der Waals surface area contributed by atoms with Gasteiger partial charge < -0.3 is 15.8 Å². The third-order valence-corrected chi connectivity index (χ3v) is 2.93. The minimum absolute atomic E-state index is 0.173. The third kappa shape index (κ3) is 3.78. The van der Waals surface area contributed by atoms with E-state index in [1.54, 1.807) is 7.11 Å². The van der Waals surface area contributed by atoms with Gasteiger partial charge in [-0.1, -0.05) is 37.3 Å². The fourth-order valence-corrected chi connectivity index (χ4v) is 1.93. The van der Waals surface area contributed by atoms with Gasteiger partial charge in [0.2, 0.25) is 5.91 Å². The number of anilines is 1. The van der Waals surface area contributed by atoms with E-state index in [9.17, 15) is 4.79 Å². The molecule has 0 saturated heterocycles. The van der Waals surface area contributed by atoms with Crippen LogP contribution in [-0.2, 0) is 16.1 Å². The average Bonchev–Trinajstić information content (AvgIpc) is 2.32. The average molecular weight is 266 g/mol. The first-order valence-electron chi connectivity index (χ1n) is 5.77. The summed E-state index contributed by atoms with van der Waals surface area (Å²) in [5, 5.41) is 2.84. The lowest BCUT2D eigenvalue weighted by Crippen LogP contribution is -2.32. The Labute approximate surface area is 113 Å². The van der Waals surface area contributed by atoms with Crippen molar-refractivity contribution in [1.82, 2.24) is 0 Å². The Kier molecular flexibility index (Phi) is 5.74. The van der Waals surface area contributed by atoms with E-state index in [1.165, 1.54) is 0 Å². The first kappa shape index (κ1) is 14.6. The molecule has 5 heteroatoms. The van der Waals surface area contributed by atoms with E-state index in [2.05, 4.69) is 5.32 Å². The number of thiocarbonyl (C=S) groups is 1. The van der Waals surface area contributed by atoms with E-state index < -0.39 is 5.92 Å². The molecule has 1 aromatic carbocycles. The number of para-hydroxylation sites is 1. The van der Waals surface area contributed by atoms with Gasteiger partial charge in [0.25, 0.3) is 0 Å². The van der Waals surface area contributed by atoms with Gasteiger partial charge in [-0.05, 0) is 12.5 Å². The fraction of sp³-hybridized carbons (Fsp3) is 0.385. The van der Waals surface area contributed by atoms with Gasteiger partial charge in [-0.25, -0.2) is 0 Å². The molecule has 0 radical (unpaired) electrons. The normalized spacial score (nSPS) is 11.9. The summed E-state index contributed by atoms with van der Waals surface area (Å²) in [5.41, 5.74) is 7.20. The van der Waals surface area contributed by atoms with Crippen LogP contribution in [0, 0.1) is 5.92 Å². The zero-order valence-electron chi connectivity index (χ0n) is 10.6. The predicted octanol–water partition coefficient (Wildman–Crippen LogP) is 2.08. The quantitative estimate of drug-likeness (QED) is 0.774. The molecule has 1 aromatic rings. The third-order valence-electron chi connectivity index (χ3n) is 2.64. The van der Waals surface area contributed by atoms with Crippen LogP contribution in [0.1, 0.15) is 18.9 Å². The molecule has 0 aliphatic rings. The van der Waals surface area contributed by atoms with Crippen molar-refractivity contribution in [3.63, 3.8) is 0 Å². The Morgan fingerprint density at radius 1 is 1.50 bits per heavy atom. The molecule has 18 heavy (non-hydrogen) atoms. The second-order valence-electron chi connectivity index (χ2n) is 3.94. The Bertz CT molecular complexity index is 435. The molecule has 0 spiro atoms. The van der Waals surface area contributed by atoms with E-state index in [1.807, 2.05) is 31.2 Å². The van der Waals surface area contributed by atoms with Crippen LogP contribution in [-0.4, -0.2) is 18.0 Å². The fourth-order valence-electron chi connectivity index (χ4n) is 1.66. The molecule has 3 N–H and O–H groups in total. The van der Waals surface area contributed by atoms with Crippen LogP contribution in [0.25, 0.3) is 0 Å². The number of carbonyl (C=O) groups excluding carboxylic acids is 1. The minimum atomic E-state index is -0.435. The van der Waals surface area contributed by atoms with E-state index in [-0.39, 0.29) is 10.9 Å². The lowest BCUT2D eigenvalue weighted by Gasteiger charge is -2.15. The number of ether oxygens (including phenoxy) is 1. The van der Waals surface area contributed by atoms with Gasteiger partial charge in [-0.3, -0.25) is 4.79 Å². The van der Waals surface area contributed by atoms with E-state index in [0.717, 1.165) is 11.3 Å². The van der Waals surface area contributed by atoms with Gasteiger partial charge in [0.15, 0.2) is 0 Å². The maximum absolute atomic E-state index is 12.0. The molecule has 4 nitrogen and oxygen atoms in total. The minimum Gasteiger partial charge on any atom is -0.393 e. The SMILES string of the molecule is CCC(C(=O)Nc1ccccc1COC)C(N)=S. The van der Waals surface area contributed by atoms with Crippen molar-refractivity contribution in [2.45, 2.75) is 20.0 Å². The maximum atomic E-state index is 12.0. The molecule has 1 amide bonds. The van der Waals surface area contributed by atoms with Crippen LogP contribution in [0.2, 0.25) is 0 Å². The van der Waals surface area contributed by atoms with Crippen molar-refractivity contribution in [3.05, 3.63) is 29.8 Å². The number of carbonyl (C=O) groups is 1. The van der Waals surface area contributed by atoms with E-state index in [0.29, 0.717) is 13.0 Å². The Morgan fingerprint density at radius 3 is 2.72 bits per heavy atom. The summed E-state index contributed by atoms with van der Waals surface area (Å²) in [4.78, 5) is 12.2. The number of rotatable bonds is 6. The summed E-state index contributed by atoms with van der Waals surface area (Å²) in [5.74, 6) is -0.607. The lowest BCUT2D eigenvalue weighted by atomic mass is 10.1. The van der Waals surface area contributed by atoms with Crippen LogP contribution >= 0.6 is 12.2 Å². The van der Waals surface area contributed by atoms with Crippen molar-refractivity contribution in [2.24, 2.45) is 11.7 Å². The van der Waals surface area contributed by atoms with Crippen molar-refractivity contribution >= 4 is 28.8 Å². The summed E-state index contributed by atoms with van der Waals surface area (Å²) in [6, 6.07) is 7.49. The van der Waals surface area contributed by atoms with Crippen LogP contribution in [0.3, 0.4) is 0 Å². The van der Waals surface area contributed by atoms with Gasteiger partial charge in [-0.2, -0.15) is 0 Å². The molecular formula is C13H18N2O2S. The summed E-state index contributed by atoms with van der Waals surface area (Å²) in [6.07, 6.45) is 0.591. The number of nitrogens with two attached hydrogens (primary N) is 1. The predicted molar refractivity (Wildman–Crippen MR) is 76.4 cm³/mol. The number of hydrogen-bond donors (Lipinski definition) is 2. The van der Waals surface area contributed by atoms with Crippen LogP contribution in [0.5, 0.6) is 0 Å². The van der Waals surface area contributed by atoms with Gasteiger partial charge in [0, 0.05) is 18.4 Å². The molecule has 98 valence electrons. The second kappa shape index (κ2) is 7.08. The molecule has 1 atom stereocenters. The zero-order chi connectivity index (χ0) is 13.5.